The molecule has 11 nitrogen and oxygen atoms in total. The van der Waals surface area contributed by atoms with Gasteiger partial charge in [0, 0.05) is 28.9 Å². The van der Waals surface area contributed by atoms with Crippen molar-refractivity contribution in [1.29, 1.82) is 0 Å². The lowest BCUT2D eigenvalue weighted by molar-refractivity contribution is -0.140. The molecule has 0 aliphatic heterocycles. The van der Waals surface area contributed by atoms with Gasteiger partial charge < -0.3 is 25.1 Å². The molecule has 1 saturated carbocycles. The van der Waals surface area contributed by atoms with Crippen LogP contribution in [-0.2, 0) is 16.1 Å². The van der Waals surface area contributed by atoms with Crippen LogP contribution in [0, 0.1) is 0 Å². The van der Waals surface area contributed by atoms with Gasteiger partial charge in [-0.3, -0.25) is 9.36 Å². The zero-order valence-corrected chi connectivity index (χ0v) is 21.4. The van der Waals surface area contributed by atoms with E-state index in [4.69, 9.17) is 9.15 Å². The molecule has 1 aliphatic carbocycles. The van der Waals surface area contributed by atoms with Crippen LogP contribution in [0.5, 0.6) is 0 Å². The number of esters is 1. The monoisotopic (exact) mass is 568 g/mol. The van der Waals surface area contributed by atoms with Crippen LogP contribution in [0.15, 0.2) is 51.9 Å². The number of ether oxygens (including phenoxy) is 1. The number of benzene rings is 2. The molecule has 0 atom stereocenters. The molecule has 0 saturated heterocycles. The lowest BCUT2D eigenvalue weighted by Crippen LogP contribution is -2.36. The Balaban J connectivity index is 1.33. The Morgan fingerprint density at radius 3 is 2.62 bits per heavy atom. The molecule has 0 radical (unpaired) electrons. The summed E-state index contributed by atoms with van der Waals surface area (Å²) in [5, 5.41) is 9.90. The van der Waals surface area contributed by atoms with Gasteiger partial charge in [-0.15, -0.1) is 0 Å². The number of nitrogens with one attached hydrogen (secondary N) is 3. The van der Waals surface area contributed by atoms with Crippen molar-refractivity contribution in [2.75, 3.05) is 22.6 Å². The van der Waals surface area contributed by atoms with Gasteiger partial charge in [-0.25, -0.2) is 19.6 Å². The summed E-state index contributed by atoms with van der Waals surface area (Å²) in [4.78, 5) is 44.7. The highest BCUT2D eigenvalue weighted by Crippen LogP contribution is 2.28. The number of hydrogen-bond acceptors (Lipinski definition) is 8. The number of aromatic nitrogens is 3. The standard InChI is InChI=1S/C25H25BrN6O5/c26-13-22(33)36-10-9-32-20-11-18-19(12-21(20)37-25(32)35)27-14-28-23(18)29-16-5-7-17(8-6-16)31-24(34)30-15-3-1-2-4-15/h5-8,11-12,14-15H,1-4,9-10,13H2,(H,27,28,29)(H2,30,31,34). The predicted octanol–water partition coefficient (Wildman–Crippen LogP) is 4.28. The molecule has 12 heteroatoms. The Hall–Kier alpha value is -3.93. The fourth-order valence-electron chi connectivity index (χ4n) is 4.41. The van der Waals surface area contributed by atoms with Crippen molar-refractivity contribution >= 4 is 67.1 Å². The van der Waals surface area contributed by atoms with Crippen molar-refractivity contribution in [3.05, 3.63) is 53.3 Å². The summed E-state index contributed by atoms with van der Waals surface area (Å²) in [5.41, 5.74) is 2.95. The van der Waals surface area contributed by atoms with Gasteiger partial charge in [-0.2, -0.15) is 0 Å². The third kappa shape index (κ3) is 5.74. The van der Waals surface area contributed by atoms with Crippen molar-refractivity contribution in [2.45, 2.75) is 38.3 Å². The molecule has 2 amide bonds. The van der Waals surface area contributed by atoms with Gasteiger partial charge >= 0.3 is 17.8 Å². The SMILES string of the molecule is O=C(Nc1ccc(Nc2ncnc3cc4oc(=O)n(CCOC(=O)CBr)c4cc23)cc1)NC1CCCC1. The second-order valence-corrected chi connectivity index (χ2v) is 9.28. The number of hydrogen-bond donors (Lipinski definition) is 3. The number of carbonyl (C=O) groups is 2. The van der Waals surface area contributed by atoms with Crippen LogP contribution in [0.3, 0.4) is 0 Å². The van der Waals surface area contributed by atoms with Gasteiger partial charge in [0.15, 0.2) is 5.58 Å². The number of oxazole rings is 1. The first-order valence-electron chi connectivity index (χ1n) is 11.9. The Labute approximate surface area is 219 Å². The molecule has 1 fully saturated rings. The molecule has 1 aliphatic rings. The maximum atomic E-state index is 12.4. The molecule has 4 aromatic rings. The number of halogens is 1. The number of nitrogens with zero attached hydrogens (tertiary/aromatic N) is 3. The summed E-state index contributed by atoms with van der Waals surface area (Å²) in [5.74, 6) is -0.429. The van der Waals surface area contributed by atoms with Gasteiger partial charge in [0.05, 0.1) is 17.6 Å². The van der Waals surface area contributed by atoms with Crippen molar-refractivity contribution < 1.29 is 18.7 Å². The highest BCUT2D eigenvalue weighted by molar-refractivity contribution is 9.09. The van der Waals surface area contributed by atoms with E-state index in [0.717, 1.165) is 31.4 Å². The van der Waals surface area contributed by atoms with E-state index in [1.807, 2.05) is 12.1 Å². The van der Waals surface area contributed by atoms with Gasteiger partial charge in [-0.05, 0) is 43.2 Å². The molecule has 0 unspecified atom stereocenters. The number of rotatable bonds is 8. The van der Waals surface area contributed by atoms with E-state index in [-0.39, 0.29) is 30.6 Å². The summed E-state index contributed by atoms with van der Waals surface area (Å²) < 4.78 is 11.9. The molecule has 0 spiro atoms. The van der Waals surface area contributed by atoms with Crippen LogP contribution < -0.4 is 21.7 Å². The van der Waals surface area contributed by atoms with Crippen LogP contribution >= 0.6 is 15.9 Å². The topological polar surface area (TPSA) is 140 Å². The van der Waals surface area contributed by atoms with Gasteiger partial charge in [0.1, 0.15) is 24.1 Å². The van der Waals surface area contributed by atoms with Crippen molar-refractivity contribution in [3.63, 3.8) is 0 Å². The van der Waals surface area contributed by atoms with Crippen LogP contribution in [0.25, 0.3) is 22.0 Å². The molecule has 3 N–H and O–H groups in total. The Morgan fingerprint density at radius 2 is 1.86 bits per heavy atom. The minimum absolute atomic E-state index is 0.0342. The number of amides is 2. The van der Waals surface area contributed by atoms with Crippen LogP contribution in [0.1, 0.15) is 25.7 Å². The van der Waals surface area contributed by atoms with Crippen LogP contribution in [0.2, 0.25) is 0 Å². The molecule has 192 valence electrons. The van der Waals surface area contributed by atoms with E-state index in [0.29, 0.717) is 33.5 Å². The smallest absolute Gasteiger partial charge is 0.420 e. The van der Waals surface area contributed by atoms with E-state index in [1.165, 1.54) is 10.9 Å². The summed E-state index contributed by atoms with van der Waals surface area (Å²) in [7, 11) is 0. The summed E-state index contributed by atoms with van der Waals surface area (Å²) in [6, 6.07) is 10.8. The zero-order chi connectivity index (χ0) is 25.8. The van der Waals surface area contributed by atoms with E-state index in [2.05, 4.69) is 41.8 Å². The lowest BCUT2D eigenvalue weighted by atomic mass is 10.2. The second kappa shape index (κ2) is 11.0. The maximum Gasteiger partial charge on any atom is 0.420 e. The Bertz CT molecular complexity index is 1490. The maximum absolute atomic E-state index is 12.4. The fraction of sp³-hybridized carbons (Fsp3) is 0.320. The van der Waals surface area contributed by atoms with E-state index in [9.17, 15) is 14.4 Å². The quantitative estimate of drug-likeness (QED) is 0.211. The first-order valence-corrected chi connectivity index (χ1v) is 13.1. The molecule has 2 aromatic carbocycles. The third-order valence-electron chi connectivity index (χ3n) is 6.21. The Kier molecular flexibility index (Phi) is 7.35. The highest BCUT2D eigenvalue weighted by atomic mass is 79.9. The third-order valence-corrected chi connectivity index (χ3v) is 6.67. The van der Waals surface area contributed by atoms with E-state index < -0.39 is 11.7 Å². The van der Waals surface area contributed by atoms with Gasteiger partial charge in [-0.1, -0.05) is 28.8 Å². The van der Waals surface area contributed by atoms with Gasteiger partial charge in [0.25, 0.3) is 0 Å². The average Bonchev–Trinajstić information content (AvgIpc) is 3.51. The normalized spacial score (nSPS) is 13.6. The van der Waals surface area contributed by atoms with E-state index in [1.54, 1.807) is 24.3 Å². The highest BCUT2D eigenvalue weighted by Gasteiger charge is 2.17. The fourth-order valence-corrected chi connectivity index (χ4v) is 4.57. The molecule has 0 bridgehead atoms. The summed E-state index contributed by atoms with van der Waals surface area (Å²) in [6.45, 7) is 0.182. The number of alkyl halides is 1. The van der Waals surface area contributed by atoms with Crippen LogP contribution in [-0.4, -0.2) is 44.5 Å². The van der Waals surface area contributed by atoms with Crippen molar-refractivity contribution in [3.8, 4) is 0 Å². The number of fused-ring (bicyclic) bond motifs is 2. The summed E-state index contributed by atoms with van der Waals surface area (Å²) >= 11 is 3.04. The minimum Gasteiger partial charge on any atom is -0.463 e. The largest absolute Gasteiger partial charge is 0.463 e. The number of carbonyl (C=O) groups excluding carboxylic acids is 2. The lowest BCUT2D eigenvalue weighted by Gasteiger charge is -2.13. The minimum atomic E-state index is -0.553. The molecule has 2 aromatic heterocycles. The van der Waals surface area contributed by atoms with E-state index >= 15 is 0 Å². The molecule has 5 rings (SSSR count). The molecular weight excluding hydrogens is 544 g/mol. The van der Waals surface area contributed by atoms with Gasteiger partial charge in [0.2, 0.25) is 0 Å². The predicted molar refractivity (Wildman–Crippen MR) is 142 cm³/mol. The Morgan fingerprint density at radius 1 is 1.11 bits per heavy atom. The summed E-state index contributed by atoms with van der Waals surface area (Å²) in [6.07, 6.45) is 5.78. The molecular formula is C25H25BrN6O5. The first kappa shape index (κ1) is 24.8. The number of anilines is 3. The first-order chi connectivity index (χ1) is 18.0. The molecule has 37 heavy (non-hydrogen) atoms. The molecule has 2 heterocycles. The van der Waals surface area contributed by atoms with Crippen molar-refractivity contribution in [1.82, 2.24) is 19.9 Å². The second-order valence-electron chi connectivity index (χ2n) is 8.72. The average molecular weight is 569 g/mol. The number of urea groups is 1. The van der Waals surface area contributed by atoms with Crippen molar-refractivity contribution in [2.24, 2.45) is 0 Å². The van der Waals surface area contributed by atoms with Crippen LogP contribution in [0.4, 0.5) is 22.0 Å². The zero-order valence-electron chi connectivity index (χ0n) is 19.8.